The molecule has 0 amide bonds. The molecule has 5 heteroatoms. The van der Waals surface area contributed by atoms with E-state index < -0.39 is 5.92 Å². The first-order valence-corrected chi connectivity index (χ1v) is 12.8. The molecule has 1 aliphatic heterocycles. The summed E-state index contributed by atoms with van der Waals surface area (Å²) in [5, 5.41) is 1.21. The number of H-pyrrole nitrogens is 1. The first-order valence-electron chi connectivity index (χ1n) is 12.0. The van der Waals surface area contributed by atoms with Gasteiger partial charge in [-0.05, 0) is 66.5 Å². The van der Waals surface area contributed by atoms with Crippen molar-refractivity contribution in [1.29, 1.82) is 0 Å². The molecule has 0 fully saturated rings. The van der Waals surface area contributed by atoms with Crippen LogP contribution in [0.1, 0.15) is 75.9 Å². The zero-order valence-corrected chi connectivity index (χ0v) is 21.9. The SMILES string of the molecule is CCc1ccc(Br)cc1C1c2[nH]c3ccccc3c2C[C@@H](C)N1CC(F)(F)CCC(C)(C)C. The largest absolute Gasteiger partial charge is 0.357 e. The number of fused-ring (bicyclic) bond motifs is 3. The molecule has 0 saturated heterocycles. The van der Waals surface area contributed by atoms with Crippen LogP contribution in [0.5, 0.6) is 0 Å². The summed E-state index contributed by atoms with van der Waals surface area (Å²) in [5.41, 5.74) is 5.60. The predicted molar refractivity (Wildman–Crippen MR) is 137 cm³/mol. The molecule has 2 aromatic carbocycles. The van der Waals surface area contributed by atoms with Gasteiger partial charge in [-0.25, -0.2) is 8.78 Å². The zero-order chi connectivity index (χ0) is 24.0. The van der Waals surface area contributed by atoms with Crippen LogP contribution < -0.4 is 0 Å². The lowest BCUT2D eigenvalue weighted by atomic mass is 9.85. The number of nitrogens with one attached hydrogen (secondary N) is 1. The van der Waals surface area contributed by atoms with E-state index in [0.29, 0.717) is 6.42 Å². The van der Waals surface area contributed by atoms with E-state index in [4.69, 9.17) is 0 Å². The Morgan fingerprint density at radius 1 is 1.09 bits per heavy atom. The van der Waals surface area contributed by atoms with Gasteiger partial charge < -0.3 is 4.98 Å². The Morgan fingerprint density at radius 2 is 1.82 bits per heavy atom. The van der Waals surface area contributed by atoms with Gasteiger partial charge in [0, 0.05) is 33.5 Å². The minimum absolute atomic E-state index is 0.00547. The van der Waals surface area contributed by atoms with E-state index in [9.17, 15) is 0 Å². The second-order valence-electron chi connectivity index (χ2n) is 10.8. The molecule has 0 saturated carbocycles. The monoisotopic (exact) mass is 516 g/mol. The predicted octanol–water partition coefficient (Wildman–Crippen LogP) is 8.29. The Bertz CT molecular complexity index is 1130. The normalized spacial score (nSPS) is 19.8. The van der Waals surface area contributed by atoms with Gasteiger partial charge in [-0.3, -0.25) is 4.90 Å². The van der Waals surface area contributed by atoms with E-state index in [1.807, 2.05) is 37.8 Å². The average Bonchev–Trinajstić information content (AvgIpc) is 3.10. The highest BCUT2D eigenvalue weighted by molar-refractivity contribution is 9.10. The van der Waals surface area contributed by atoms with Gasteiger partial charge in [-0.2, -0.15) is 0 Å². The molecule has 2 nitrogen and oxygen atoms in total. The summed E-state index contributed by atoms with van der Waals surface area (Å²) in [4.78, 5) is 5.67. The van der Waals surface area contributed by atoms with Crippen molar-refractivity contribution in [3.63, 3.8) is 0 Å². The fourth-order valence-electron chi connectivity index (χ4n) is 5.13. The summed E-state index contributed by atoms with van der Waals surface area (Å²) in [6, 6.07) is 14.4. The van der Waals surface area contributed by atoms with Gasteiger partial charge in [-0.15, -0.1) is 0 Å². The highest BCUT2D eigenvalue weighted by Crippen LogP contribution is 2.44. The van der Waals surface area contributed by atoms with Crippen molar-refractivity contribution in [2.24, 2.45) is 5.41 Å². The summed E-state index contributed by atoms with van der Waals surface area (Å²) in [5.74, 6) is -2.75. The van der Waals surface area contributed by atoms with Crippen molar-refractivity contribution in [2.45, 2.75) is 78.3 Å². The number of rotatable bonds is 6. The highest BCUT2D eigenvalue weighted by atomic mass is 79.9. The molecule has 0 bridgehead atoms. The van der Waals surface area contributed by atoms with Gasteiger partial charge in [0.05, 0.1) is 12.6 Å². The van der Waals surface area contributed by atoms with Crippen molar-refractivity contribution >= 4 is 26.8 Å². The molecule has 0 radical (unpaired) electrons. The first-order chi connectivity index (χ1) is 15.5. The van der Waals surface area contributed by atoms with E-state index in [1.165, 1.54) is 16.5 Å². The maximum absolute atomic E-state index is 15.4. The molecule has 1 N–H and O–H groups in total. The van der Waals surface area contributed by atoms with Crippen LogP contribution in [0.4, 0.5) is 8.78 Å². The minimum Gasteiger partial charge on any atom is -0.357 e. The van der Waals surface area contributed by atoms with Gasteiger partial charge in [0.1, 0.15) is 0 Å². The van der Waals surface area contributed by atoms with E-state index >= 15 is 8.78 Å². The van der Waals surface area contributed by atoms with Crippen LogP contribution in [0.2, 0.25) is 0 Å². The third kappa shape index (κ3) is 5.19. The molecule has 0 spiro atoms. The maximum Gasteiger partial charge on any atom is 0.260 e. The number of para-hydroxylation sites is 1. The molecule has 4 rings (SSSR count). The van der Waals surface area contributed by atoms with Crippen LogP contribution in [-0.4, -0.2) is 28.4 Å². The molecule has 2 atom stereocenters. The van der Waals surface area contributed by atoms with Gasteiger partial charge in [0.25, 0.3) is 5.92 Å². The second kappa shape index (κ2) is 9.14. The Morgan fingerprint density at radius 3 is 2.52 bits per heavy atom. The first kappa shape index (κ1) is 24.4. The Kier molecular flexibility index (Phi) is 6.76. The third-order valence-corrected chi connectivity index (χ3v) is 7.45. The van der Waals surface area contributed by atoms with Gasteiger partial charge in [-0.1, -0.05) is 67.9 Å². The molecular weight excluding hydrogens is 482 g/mol. The number of aromatic nitrogens is 1. The van der Waals surface area contributed by atoms with Crippen LogP contribution in [0.15, 0.2) is 46.9 Å². The van der Waals surface area contributed by atoms with Crippen molar-refractivity contribution in [3.8, 4) is 0 Å². The maximum atomic E-state index is 15.4. The number of nitrogens with zero attached hydrogens (tertiary/aromatic N) is 1. The van der Waals surface area contributed by atoms with Crippen LogP contribution >= 0.6 is 15.9 Å². The topological polar surface area (TPSA) is 19.0 Å². The number of aryl methyl sites for hydroxylation is 1. The Balaban J connectivity index is 1.82. The van der Waals surface area contributed by atoms with E-state index in [2.05, 4.69) is 65.1 Å². The average molecular weight is 518 g/mol. The lowest BCUT2D eigenvalue weighted by Gasteiger charge is -2.43. The molecule has 178 valence electrons. The van der Waals surface area contributed by atoms with Crippen LogP contribution in [-0.2, 0) is 12.8 Å². The van der Waals surface area contributed by atoms with E-state index in [1.54, 1.807) is 0 Å². The van der Waals surface area contributed by atoms with E-state index in [-0.39, 0.29) is 30.5 Å². The minimum atomic E-state index is -2.75. The molecule has 1 unspecified atom stereocenters. The summed E-state index contributed by atoms with van der Waals surface area (Å²) < 4.78 is 31.7. The summed E-state index contributed by atoms with van der Waals surface area (Å²) in [6.07, 6.45) is 2.03. The number of hydrogen-bond acceptors (Lipinski definition) is 1. The van der Waals surface area contributed by atoms with Gasteiger partial charge in [0.15, 0.2) is 0 Å². The van der Waals surface area contributed by atoms with Crippen LogP contribution in [0.3, 0.4) is 0 Å². The van der Waals surface area contributed by atoms with Crippen molar-refractivity contribution < 1.29 is 8.78 Å². The number of benzene rings is 2. The third-order valence-electron chi connectivity index (χ3n) is 6.96. The lowest BCUT2D eigenvalue weighted by Crippen LogP contribution is -2.48. The zero-order valence-electron chi connectivity index (χ0n) is 20.3. The molecule has 1 aromatic heterocycles. The summed E-state index contributed by atoms with van der Waals surface area (Å²) >= 11 is 3.63. The molecule has 1 aliphatic rings. The molecule has 33 heavy (non-hydrogen) atoms. The molecule has 2 heterocycles. The van der Waals surface area contributed by atoms with Crippen LogP contribution in [0.25, 0.3) is 10.9 Å². The quantitative estimate of drug-likeness (QED) is 0.349. The van der Waals surface area contributed by atoms with Crippen molar-refractivity contribution in [3.05, 3.63) is 69.3 Å². The van der Waals surface area contributed by atoms with Crippen LogP contribution in [0, 0.1) is 5.41 Å². The number of aromatic amines is 1. The molecular formula is C28H35BrF2N2. The second-order valence-corrected chi connectivity index (χ2v) is 11.7. The number of halogens is 3. The van der Waals surface area contributed by atoms with Gasteiger partial charge >= 0.3 is 0 Å². The molecule has 3 aromatic rings. The number of hydrogen-bond donors (Lipinski definition) is 1. The Labute approximate surface area is 204 Å². The summed E-state index contributed by atoms with van der Waals surface area (Å²) in [7, 11) is 0. The highest BCUT2D eigenvalue weighted by Gasteiger charge is 2.42. The summed E-state index contributed by atoms with van der Waals surface area (Å²) in [6.45, 7) is 10.1. The fourth-order valence-corrected chi connectivity index (χ4v) is 5.51. The number of alkyl halides is 2. The fraction of sp³-hybridized carbons (Fsp3) is 0.500. The van der Waals surface area contributed by atoms with Gasteiger partial charge in [0.2, 0.25) is 0 Å². The Hall–Kier alpha value is -1.72. The smallest absolute Gasteiger partial charge is 0.260 e. The van der Waals surface area contributed by atoms with Crippen molar-refractivity contribution in [2.75, 3.05) is 6.54 Å². The standard InChI is InChI=1S/C28H35BrF2N2/c1-6-19-11-12-20(29)16-22(19)26-25-23(21-9-7-8-10-24(21)32-25)15-18(2)33(26)17-28(30,31)14-13-27(3,4)5/h7-12,16,18,26,32H,6,13-15,17H2,1-5H3/t18-,26?/m1/s1. The van der Waals surface area contributed by atoms with E-state index in [0.717, 1.165) is 34.1 Å². The molecule has 0 aliphatic carbocycles. The lowest BCUT2D eigenvalue weighted by molar-refractivity contribution is -0.0639. The van der Waals surface area contributed by atoms with Crippen molar-refractivity contribution in [1.82, 2.24) is 9.88 Å².